The van der Waals surface area contributed by atoms with Crippen LogP contribution in [0.15, 0.2) is 28.7 Å². The zero-order valence-corrected chi connectivity index (χ0v) is 12.5. The van der Waals surface area contributed by atoms with Crippen molar-refractivity contribution in [2.24, 2.45) is 11.1 Å². The van der Waals surface area contributed by atoms with Crippen molar-refractivity contribution in [1.29, 1.82) is 0 Å². The minimum atomic E-state index is -0.690. The molecule has 4 heteroatoms. The molecule has 0 bridgehead atoms. The van der Waals surface area contributed by atoms with Crippen molar-refractivity contribution in [1.82, 2.24) is 0 Å². The highest BCUT2D eigenvalue weighted by molar-refractivity contribution is 9.10. The molecule has 0 spiro atoms. The van der Waals surface area contributed by atoms with Gasteiger partial charge in [-0.2, -0.15) is 0 Å². The van der Waals surface area contributed by atoms with Crippen molar-refractivity contribution in [3.8, 4) is 0 Å². The van der Waals surface area contributed by atoms with Crippen LogP contribution in [0.4, 0.5) is 4.79 Å². The number of ether oxygens (including phenoxy) is 1. The van der Waals surface area contributed by atoms with Crippen LogP contribution in [-0.4, -0.2) is 11.7 Å². The zero-order chi connectivity index (χ0) is 13.6. The highest BCUT2D eigenvalue weighted by atomic mass is 79.9. The molecule has 2 atom stereocenters. The summed E-state index contributed by atoms with van der Waals surface area (Å²) in [5.41, 5.74) is 5.81. The molecule has 1 aromatic carbocycles. The number of carbonyl (C=O) groups excluding carboxylic acids is 1. The van der Waals surface area contributed by atoms with Gasteiger partial charge in [-0.15, -0.1) is 0 Å². The second-order valence-electron chi connectivity index (χ2n) is 5.87. The Morgan fingerprint density at radius 2 is 1.94 bits per heavy atom. The Kier molecular flexibility index (Phi) is 3.18. The summed E-state index contributed by atoms with van der Waals surface area (Å²) in [4.78, 5) is 11.1. The fraction of sp³-hybridized carbons (Fsp3) is 0.500. The summed E-state index contributed by atoms with van der Waals surface area (Å²) in [5.74, 6) is 0.234. The van der Waals surface area contributed by atoms with Gasteiger partial charge in [0.05, 0.1) is 0 Å². The number of hydrogen-bond acceptors (Lipinski definition) is 2. The molecular weight excluding hydrogens is 294 g/mol. The standard InChI is InChI=1S/C14H18BrNO2/c1-13(2,3)14(18-12(16)17)8-11(14)9-4-6-10(15)7-5-9/h4-7,11H,8H2,1-3H3,(H2,16,17). The number of halogens is 1. The van der Waals surface area contributed by atoms with Gasteiger partial charge in [0, 0.05) is 15.8 Å². The van der Waals surface area contributed by atoms with Crippen LogP contribution >= 0.6 is 15.9 Å². The highest BCUT2D eigenvalue weighted by Gasteiger charge is 2.65. The van der Waals surface area contributed by atoms with Crippen molar-refractivity contribution < 1.29 is 9.53 Å². The average Bonchev–Trinajstić information content (AvgIpc) is 2.93. The van der Waals surface area contributed by atoms with E-state index in [9.17, 15) is 4.79 Å². The lowest BCUT2D eigenvalue weighted by Gasteiger charge is -2.31. The van der Waals surface area contributed by atoms with E-state index in [-0.39, 0.29) is 11.3 Å². The van der Waals surface area contributed by atoms with Crippen molar-refractivity contribution in [2.45, 2.75) is 38.7 Å². The Morgan fingerprint density at radius 3 is 2.39 bits per heavy atom. The predicted octanol–water partition coefficient (Wildman–Crippen LogP) is 3.82. The van der Waals surface area contributed by atoms with Crippen LogP contribution in [0.2, 0.25) is 0 Å². The Hall–Kier alpha value is -1.03. The number of nitrogens with two attached hydrogens (primary N) is 1. The van der Waals surface area contributed by atoms with Crippen molar-refractivity contribution in [3.05, 3.63) is 34.3 Å². The maximum atomic E-state index is 11.1. The topological polar surface area (TPSA) is 52.3 Å². The molecule has 3 nitrogen and oxygen atoms in total. The number of primary amides is 1. The van der Waals surface area contributed by atoms with E-state index in [1.807, 2.05) is 12.1 Å². The number of rotatable bonds is 2. The number of carbonyl (C=O) groups is 1. The van der Waals surface area contributed by atoms with E-state index in [0.717, 1.165) is 10.9 Å². The van der Waals surface area contributed by atoms with Crippen LogP contribution < -0.4 is 5.73 Å². The summed E-state index contributed by atoms with van der Waals surface area (Å²) >= 11 is 3.42. The van der Waals surface area contributed by atoms with Gasteiger partial charge in [-0.05, 0) is 24.1 Å². The van der Waals surface area contributed by atoms with Crippen LogP contribution in [0.3, 0.4) is 0 Å². The second-order valence-corrected chi connectivity index (χ2v) is 6.78. The average molecular weight is 312 g/mol. The minimum Gasteiger partial charge on any atom is -0.442 e. The summed E-state index contributed by atoms with van der Waals surface area (Å²) in [5, 5.41) is 0. The van der Waals surface area contributed by atoms with E-state index in [0.29, 0.717) is 0 Å². The summed E-state index contributed by atoms with van der Waals surface area (Å²) in [6.07, 6.45) is 0.144. The molecule has 98 valence electrons. The van der Waals surface area contributed by atoms with Gasteiger partial charge in [-0.3, -0.25) is 0 Å². The Balaban J connectivity index is 2.27. The smallest absolute Gasteiger partial charge is 0.405 e. The summed E-state index contributed by atoms with van der Waals surface area (Å²) in [6, 6.07) is 8.13. The molecule has 0 aliphatic heterocycles. The van der Waals surface area contributed by atoms with Crippen molar-refractivity contribution in [3.63, 3.8) is 0 Å². The minimum absolute atomic E-state index is 0.125. The van der Waals surface area contributed by atoms with Crippen LogP contribution in [0.25, 0.3) is 0 Å². The maximum absolute atomic E-state index is 11.1. The molecule has 2 N–H and O–H groups in total. The molecule has 1 saturated carbocycles. The fourth-order valence-electron chi connectivity index (χ4n) is 2.60. The third-order valence-electron chi connectivity index (χ3n) is 3.73. The second kappa shape index (κ2) is 4.26. The molecule has 1 aromatic rings. The van der Waals surface area contributed by atoms with E-state index in [1.165, 1.54) is 5.56 Å². The SMILES string of the molecule is CC(C)(C)C1(OC(N)=O)CC1c1ccc(Br)cc1. The van der Waals surface area contributed by atoms with Crippen LogP contribution in [-0.2, 0) is 4.74 Å². The molecular formula is C14H18BrNO2. The Bertz CT molecular complexity index is 464. The number of hydrogen-bond donors (Lipinski definition) is 1. The van der Waals surface area contributed by atoms with Crippen LogP contribution in [0.5, 0.6) is 0 Å². The molecule has 0 radical (unpaired) electrons. The summed E-state index contributed by atoms with van der Waals surface area (Å²) in [7, 11) is 0. The van der Waals surface area contributed by atoms with Crippen molar-refractivity contribution in [2.75, 3.05) is 0 Å². The Labute approximate surface area is 116 Å². The molecule has 2 unspecified atom stereocenters. The lowest BCUT2D eigenvalue weighted by atomic mass is 9.84. The first-order valence-corrected chi connectivity index (χ1v) is 6.79. The fourth-order valence-corrected chi connectivity index (χ4v) is 2.87. The van der Waals surface area contributed by atoms with Crippen LogP contribution in [0.1, 0.15) is 38.7 Å². The van der Waals surface area contributed by atoms with Gasteiger partial charge in [0.15, 0.2) is 0 Å². The molecule has 1 amide bonds. The van der Waals surface area contributed by atoms with E-state index < -0.39 is 11.7 Å². The number of benzene rings is 1. The van der Waals surface area contributed by atoms with Gasteiger partial charge in [-0.25, -0.2) is 4.79 Å². The largest absolute Gasteiger partial charge is 0.442 e. The summed E-state index contributed by atoms with van der Waals surface area (Å²) < 4.78 is 6.48. The first-order chi connectivity index (χ1) is 8.26. The molecule has 0 heterocycles. The zero-order valence-electron chi connectivity index (χ0n) is 10.9. The third-order valence-corrected chi connectivity index (χ3v) is 4.26. The normalized spacial score (nSPS) is 26.8. The molecule has 2 rings (SSSR count). The molecule has 0 saturated heterocycles. The van der Waals surface area contributed by atoms with Gasteiger partial charge < -0.3 is 10.5 Å². The van der Waals surface area contributed by atoms with Gasteiger partial charge in [0.1, 0.15) is 5.60 Å². The van der Waals surface area contributed by atoms with Gasteiger partial charge in [0.2, 0.25) is 0 Å². The number of amides is 1. The molecule has 0 aromatic heterocycles. The molecule has 1 fully saturated rings. The van der Waals surface area contributed by atoms with Crippen LogP contribution in [0, 0.1) is 5.41 Å². The van der Waals surface area contributed by atoms with E-state index in [2.05, 4.69) is 48.8 Å². The first-order valence-electron chi connectivity index (χ1n) is 6.00. The lowest BCUT2D eigenvalue weighted by Crippen LogP contribution is -2.37. The quantitative estimate of drug-likeness (QED) is 0.902. The molecule has 1 aliphatic carbocycles. The monoisotopic (exact) mass is 311 g/mol. The van der Waals surface area contributed by atoms with Gasteiger partial charge in [0.25, 0.3) is 0 Å². The molecule has 18 heavy (non-hydrogen) atoms. The van der Waals surface area contributed by atoms with Gasteiger partial charge >= 0.3 is 6.09 Å². The highest BCUT2D eigenvalue weighted by Crippen LogP contribution is 2.63. The maximum Gasteiger partial charge on any atom is 0.405 e. The van der Waals surface area contributed by atoms with E-state index in [4.69, 9.17) is 10.5 Å². The van der Waals surface area contributed by atoms with E-state index >= 15 is 0 Å². The lowest BCUT2D eigenvalue weighted by molar-refractivity contribution is 0.0111. The molecule has 1 aliphatic rings. The van der Waals surface area contributed by atoms with Crippen molar-refractivity contribution >= 4 is 22.0 Å². The first kappa shape index (κ1) is 13.4. The van der Waals surface area contributed by atoms with Gasteiger partial charge in [-0.1, -0.05) is 48.8 Å². The summed E-state index contributed by atoms with van der Waals surface area (Å²) in [6.45, 7) is 6.23. The third kappa shape index (κ3) is 2.26. The Morgan fingerprint density at radius 1 is 1.39 bits per heavy atom. The predicted molar refractivity (Wildman–Crippen MR) is 74.4 cm³/mol. The van der Waals surface area contributed by atoms with E-state index in [1.54, 1.807) is 0 Å².